The number of carbonyl (C=O) groups is 1. The summed E-state index contributed by atoms with van der Waals surface area (Å²) in [6, 6.07) is 5.52. The van der Waals surface area contributed by atoms with E-state index in [2.05, 4.69) is 15.4 Å². The number of nitrogens with zero attached hydrogens (tertiary/aromatic N) is 2. The van der Waals surface area contributed by atoms with Gasteiger partial charge in [-0.1, -0.05) is 12.1 Å². The van der Waals surface area contributed by atoms with Crippen molar-refractivity contribution in [3.63, 3.8) is 0 Å². The quantitative estimate of drug-likeness (QED) is 0.735. The van der Waals surface area contributed by atoms with Crippen LogP contribution >= 0.6 is 0 Å². The molecule has 9 heteroatoms. The summed E-state index contributed by atoms with van der Waals surface area (Å²) in [5.74, 6) is -0.505. The van der Waals surface area contributed by atoms with E-state index >= 15 is 0 Å². The molecule has 2 N–H and O–H groups in total. The zero-order valence-corrected chi connectivity index (χ0v) is 14.8. The van der Waals surface area contributed by atoms with Crippen molar-refractivity contribution in [2.45, 2.75) is 26.1 Å². The van der Waals surface area contributed by atoms with Gasteiger partial charge in [0.25, 0.3) is 11.5 Å². The Morgan fingerprint density at radius 3 is 2.48 bits per heavy atom. The molecule has 0 fully saturated rings. The zero-order valence-electron chi connectivity index (χ0n) is 14.8. The fraction of sp³-hybridized carbons (Fsp3) is 0.278. The number of hydrogen-bond donors (Lipinski definition) is 2. The second-order valence-corrected chi connectivity index (χ2v) is 6.32. The lowest BCUT2D eigenvalue weighted by Crippen LogP contribution is -2.27. The van der Waals surface area contributed by atoms with Crippen LogP contribution in [0.2, 0.25) is 0 Å². The molecule has 3 aromatic rings. The fourth-order valence-electron chi connectivity index (χ4n) is 2.88. The summed E-state index contributed by atoms with van der Waals surface area (Å²) >= 11 is 0. The number of rotatable bonds is 3. The molecular weight excluding hydrogens is 361 g/mol. The third kappa shape index (κ3) is 3.57. The molecule has 142 valence electrons. The van der Waals surface area contributed by atoms with Crippen LogP contribution in [-0.2, 0) is 13.2 Å². The van der Waals surface area contributed by atoms with E-state index in [1.807, 2.05) is 0 Å². The van der Waals surface area contributed by atoms with E-state index in [1.165, 1.54) is 22.9 Å². The maximum absolute atomic E-state index is 12.7. The number of hydrogen-bond acceptors (Lipinski definition) is 3. The van der Waals surface area contributed by atoms with E-state index in [1.54, 1.807) is 20.9 Å². The van der Waals surface area contributed by atoms with Crippen LogP contribution in [0.15, 0.2) is 35.1 Å². The predicted molar refractivity (Wildman–Crippen MR) is 93.4 cm³/mol. The topological polar surface area (TPSA) is 79.8 Å². The second kappa shape index (κ2) is 6.57. The van der Waals surface area contributed by atoms with Gasteiger partial charge in [0.2, 0.25) is 0 Å². The number of carbonyl (C=O) groups excluding carboxylic acids is 1. The smallest absolute Gasteiger partial charge is 0.345 e. The lowest BCUT2D eigenvalue weighted by atomic mass is 10.0. The average Bonchev–Trinajstić information content (AvgIpc) is 2.87. The number of aromatic amines is 1. The van der Waals surface area contributed by atoms with Crippen molar-refractivity contribution in [1.29, 1.82) is 0 Å². The Bertz CT molecular complexity index is 1070. The second-order valence-electron chi connectivity index (χ2n) is 6.32. The summed E-state index contributed by atoms with van der Waals surface area (Å²) < 4.78 is 39.4. The highest BCUT2D eigenvalue weighted by Crippen LogP contribution is 2.30. The van der Waals surface area contributed by atoms with Gasteiger partial charge in [0.1, 0.15) is 0 Å². The number of fused-ring (bicyclic) bond motifs is 1. The SMILES string of the molecule is Cc1cc(C(=O)N[C@@H](C)c2ccc(C(F)(F)F)cc2)c2c(=O)[nH]n(C)c2n1. The molecule has 0 aliphatic carbocycles. The van der Waals surface area contributed by atoms with Crippen LogP contribution in [0.3, 0.4) is 0 Å². The third-order valence-electron chi connectivity index (χ3n) is 4.27. The number of pyridine rings is 1. The molecule has 0 aliphatic heterocycles. The highest BCUT2D eigenvalue weighted by Gasteiger charge is 2.30. The van der Waals surface area contributed by atoms with Crippen LogP contribution in [0.4, 0.5) is 13.2 Å². The molecular formula is C18H17F3N4O2. The summed E-state index contributed by atoms with van der Waals surface area (Å²) in [5, 5.41) is 5.44. The first-order valence-electron chi connectivity index (χ1n) is 8.12. The van der Waals surface area contributed by atoms with Crippen molar-refractivity contribution in [3.05, 3.63) is 63.1 Å². The van der Waals surface area contributed by atoms with Crippen molar-refractivity contribution in [1.82, 2.24) is 20.1 Å². The molecule has 0 aliphatic rings. The van der Waals surface area contributed by atoms with Gasteiger partial charge in [-0.15, -0.1) is 0 Å². The van der Waals surface area contributed by atoms with E-state index in [4.69, 9.17) is 0 Å². The van der Waals surface area contributed by atoms with Crippen molar-refractivity contribution in [2.75, 3.05) is 0 Å². The minimum absolute atomic E-state index is 0.165. The lowest BCUT2D eigenvalue weighted by Gasteiger charge is -2.16. The van der Waals surface area contributed by atoms with Crippen molar-refractivity contribution in [3.8, 4) is 0 Å². The Morgan fingerprint density at radius 1 is 1.26 bits per heavy atom. The van der Waals surface area contributed by atoms with Gasteiger partial charge in [-0.2, -0.15) is 13.2 Å². The number of halogens is 3. The summed E-state index contributed by atoms with van der Waals surface area (Å²) in [7, 11) is 1.61. The van der Waals surface area contributed by atoms with E-state index in [0.717, 1.165) is 12.1 Å². The van der Waals surface area contributed by atoms with Crippen LogP contribution in [0.5, 0.6) is 0 Å². The molecule has 6 nitrogen and oxygen atoms in total. The number of amides is 1. The average molecular weight is 378 g/mol. The molecule has 2 heterocycles. The molecule has 0 radical (unpaired) electrons. The summed E-state index contributed by atoms with van der Waals surface area (Å²) in [4.78, 5) is 29.1. The number of H-pyrrole nitrogens is 1. The Morgan fingerprint density at radius 2 is 1.89 bits per heavy atom. The molecule has 3 rings (SSSR count). The minimum atomic E-state index is -4.42. The van der Waals surface area contributed by atoms with E-state index in [0.29, 0.717) is 16.9 Å². The van der Waals surface area contributed by atoms with Crippen LogP contribution in [0.1, 0.15) is 40.1 Å². The van der Waals surface area contributed by atoms with E-state index in [-0.39, 0.29) is 10.9 Å². The van der Waals surface area contributed by atoms with Gasteiger partial charge in [-0.25, -0.2) is 4.98 Å². The molecule has 0 unspecified atom stereocenters. The van der Waals surface area contributed by atoms with Gasteiger partial charge in [-0.3, -0.25) is 19.4 Å². The Hall–Kier alpha value is -3.10. The van der Waals surface area contributed by atoms with Gasteiger partial charge < -0.3 is 5.32 Å². The summed E-state index contributed by atoms with van der Waals surface area (Å²) in [5.41, 5.74) is 0.398. The van der Waals surface area contributed by atoms with Gasteiger partial charge in [0.15, 0.2) is 5.65 Å². The first kappa shape index (κ1) is 18.7. The minimum Gasteiger partial charge on any atom is -0.345 e. The summed E-state index contributed by atoms with van der Waals surface area (Å²) in [6.45, 7) is 3.36. The van der Waals surface area contributed by atoms with Crippen LogP contribution in [0.25, 0.3) is 11.0 Å². The monoisotopic (exact) mass is 378 g/mol. The first-order valence-corrected chi connectivity index (χ1v) is 8.12. The summed E-state index contributed by atoms with van der Waals surface area (Å²) in [6.07, 6.45) is -4.42. The van der Waals surface area contributed by atoms with Crippen LogP contribution in [-0.4, -0.2) is 20.7 Å². The normalized spacial score (nSPS) is 13.0. The van der Waals surface area contributed by atoms with Crippen molar-refractivity contribution < 1.29 is 18.0 Å². The standard InChI is InChI=1S/C18H17F3N4O2/c1-9-8-13(14-15(22-9)25(3)24-17(14)27)16(26)23-10(2)11-4-6-12(7-5-11)18(19,20)21/h4-8,10H,1-3H3,(H,23,26)(H,24,27)/t10-/m0/s1. The molecule has 27 heavy (non-hydrogen) atoms. The predicted octanol–water partition coefficient (Wildman–Crippen LogP) is 3.08. The Balaban J connectivity index is 1.89. The van der Waals surface area contributed by atoms with Gasteiger partial charge in [0, 0.05) is 12.7 Å². The third-order valence-corrected chi connectivity index (χ3v) is 4.27. The highest BCUT2D eigenvalue weighted by atomic mass is 19.4. The number of alkyl halides is 3. The number of aryl methyl sites for hydroxylation is 2. The first-order chi connectivity index (χ1) is 12.6. The van der Waals surface area contributed by atoms with Gasteiger partial charge in [0.05, 0.1) is 22.6 Å². The molecule has 0 bridgehead atoms. The number of aromatic nitrogens is 3. The van der Waals surface area contributed by atoms with Gasteiger partial charge >= 0.3 is 6.18 Å². The van der Waals surface area contributed by atoms with Gasteiger partial charge in [-0.05, 0) is 37.6 Å². The van der Waals surface area contributed by atoms with E-state index in [9.17, 15) is 22.8 Å². The molecule has 1 aromatic carbocycles. The lowest BCUT2D eigenvalue weighted by molar-refractivity contribution is -0.137. The molecule has 2 aromatic heterocycles. The van der Waals surface area contributed by atoms with Crippen molar-refractivity contribution in [2.24, 2.45) is 7.05 Å². The highest BCUT2D eigenvalue weighted by molar-refractivity contribution is 6.05. The van der Waals surface area contributed by atoms with Crippen LogP contribution < -0.4 is 10.9 Å². The molecule has 1 atom stereocenters. The number of nitrogens with one attached hydrogen (secondary N) is 2. The zero-order chi connectivity index (χ0) is 19.9. The molecule has 0 spiro atoms. The Labute approximate surface area is 152 Å². The molecule has 0 saturated carbocycles. The molecule has 1 amide bonds. The van der Waals surface area contributed by atoms with E-state index < -0.39 is 29.2 Å². The van der Waals surface area contributed by atoms with Crippen LogP contribution in [0, 0.1) is 6.92 Å². The molecule has 0 saturated heterocycles. The number of benzene rings is 1. The Kier molecular flexibility index (Phi) is 4.54. The largest absolute Gasteiger partial charge is 0.416 e. The maximum Gasteiger partial charge on any atom is 0.416 e. The van der Waals surface area contributed by atoms with Crippen molar-refractivity contribution >= 4 is 16.9 Å². The fourth-order valence-corrected chi connectivity index (χ4v) is 2.88. The maximum atomic E-state index is 12.7.